The summed E-state index contributed by atoms with van der Waals surface area (Å²) < 4.78 is 13.2. The van der Waals surface area contributed by atoms with E-state index in [0.717, 1.165) is 17.5 Å². The molecule has 0 fully saturated rings. The molecule has 0 spiro atoms. The van der Waals surface area contributed by atoms with Gasteiger partial charge in [-0.3, -0.25) is 4.98 Å². The van der Waals surface area contributed by atoms with Crippen LogP contribution < -0.4 is 5.32 Å². The molecule has 2 nitrogen and oxygen atoms in total. The van der Waals surface area contributed by atoms with E-state index >= 15 is 0 Å². The maximum Gasteiger partial charge on any atom is 0.123 e. The third-order valence-corrected chi connectivity index (χ3v) is 3.67. The van der Waals surface area contributed by atoms with Crippen LogP contribution in [0, 0.1) is 5.82 Å². The van der Waals surface area contributed by atoms with Crippen LogP contribution in [0.15, 0.2) is 60.9 Å². The van der Waals surface area contributed by atoms with Gasteiger partial charge in [0.05, 0.1) is 0 Å². The van der Waals surface area contributed by atoms with Crippen LogP contribution in [-0.4, -0.2) is 4.98 Å². The van der Waals surface area contributed by atoms with Crippen LogP contribution in [0.5, 0.6) is 0 Å². The van der Waals surface area contributed by atoms with Gasteiger partial charge in [-0.15, -0.1) is 0 Å². The highest BCUT2D eigenvalue weighted by atomic mass is 19.1. The highest BCUT2D eigenvalue weighted by Gasteiger charge is 2.06. The van der Waals surface area contributed by atoms with E-state index in [9.17, 15) is 4.39 Å². The number of hydrogen-bond donors (Lipinski definition) is 1. The summed E-state index contributed by atoms with van der Waals surface area (Å²) in [6.45, 7) is 2.79. The molecule has 0 amide bonds. The lowest BCUT2D eigenvalue weighted by Crippen LogP contribution is -2.18. The van der Waals surface area contributed by atoms with Gasteiger partial charge in [0.1, 0.15) is 5.82 Å². The zero-order valence-electron chi connectivity index (χ0n) is 11.9. The Morgan fingerprint density at radius 1 is 1.10 bits per heavy atom. The van der Waals surface area contributed by atoms with Crippen molar-refractivity contribution >= 4 is 10.8 Å². The second-order valence-corrected chi connectivity index (χ2v) is 5.21. The van der Waals surface area contributed by atoms with Crippen molar-refractivity contribution in [2.24, 2.45) is 0 Å². The van der Waals surface area contributed by atoms with Crippen LogP contribution in [0.3, 0.4) is 0 Å². The molecule has 0 aliphatic carbocycles. The van der Waals surface area contributed by atoms with E-state index in [1.54, 1.807) is 18.3 Å². The largest absolute Gasteiger partial charge is 0.306 e. The summed E-state index contributed by atoms with van der Waals surface area (Å²) in [5, 5.41) is 5.75. The fourth-order valence-corrected chi connectivity index (χ4v) is 2.41. The molecule has 2 aromatic carbocycles. The van der Waals surface area contributed by atoms with Crippen molar-refractivity contribution in [3.05, 3.63) is 77.9 Å². The lowest BCUT2D eigenvalue weighted by atomic mass is 10.1. The minimum Gasteiger partial charge on any atom is -0.306 e. The second-order valence-electron chi connectivity index (χ2n) is 5.21. The predicted octanol–water partition coefficient (Wildman–Crippen LogP) is 4.22. The summed E-state index contributed by atoms with van der Waals surface area (Å²) in [4.78, 5) is 4.11. The van der Waals surface area contributed by atoms with E-state index in [1.165, 1.54) is 17.0 Å². The summed E-state index contributed by atoms with van der Waals surface area (Å²) >= 11 is 0. The van der Waals surface area contributed by atoms with Gasteiger partial charge >= 0.3 is 0 Å². The Bertz CT molecular complexity index is 755. The molecule has 3 aromatic rings. The average Bonchev–Trinajstić information content (AvgIpc) is 2.52. The molecule has 0 aliphatic rings. The summed E-state index contributed by atoms with van der Waals surface area (Å²) in [6, 6.07) is 15.2. The van der Waals surface area contributed by atoms with Crippen molar-refractivity contribution in [2.75, 3.05) is 0 Å². The molecule has 0 unspecified atom stereocenters. The Labute approximate surface area is 123 Å². The summed E-state index contributed by atoms with van der Waals surface area (Å²) in [5.74, 6) is -0.195. The molecule has 1 atom stereocenters. The Hall–Kier alpha value is -2.26. The van der Waals surface area contributed by atoms with Crippen LogP contribution in [0.4, 0.5) is 4.39 Å². The van der Waals surface area contributed by atoms with Crippen LogP contribution in [0.1, 0.15) is 24.1 Å². The third kappa shape index (κ3) is 3.26. The molecule has 106 valence electrons. The van der Waals surface area contributed by atoms with E-state index in [0.29, 0.717) is 0 Å². The highest BCUT2D eigenvalue weighted by molar-refractivity contribution is 5.81. The second kappa shape index (κ2) is 6.02. The van der Waals surface area contributed by atoms with Gasteiger partial charge in [-0.25, -0.2) is 4.39 Å². The quantitative estimate of drug-likeness (QED) is 0.773. The zero-order valence-corrected chi connectivity index (χ0v) is 11.9. The maximum absolute atomic E-state index is 13.2. The van der Waals surface area contributed by atoms with Crippen molar-refractivity contribution in [1.29, 1.82) is 0 Å². The number of pyridine rings is 1. The summed E-state index contributed by atoms with van der Waals surface area (Å²) in [7, 11) is 0. The Kier molecular flexibility index (Phi) is 3.93. The van der Waals surface area contributed by atoms with Gasteiger partial charge < -0.3 is 5.32 Å². The van der Waals surface area contributed by atoms with Gasteiger partial charge in [-0.05, 0) is 47.7 Å². The smallest absolute Gasteiger partial charge is 0.123 e. The SMILES string of the molecule is C[C@H](NCc1ccc2cnccc2c1)c1cccc(F)c1. The number of halogens is 1. The molecular formula is C18H17FN2. The van der Waals surface area contributed by atoms with Crippen molar-refractivity contribution in [3.8, 4) is 0 Å². The average molecular weight is 280 g/mol. The molecule has 3 heteroatoms. The zero-order chi connectivity index (χ0) is 14.7. The van der Waals surface area contributed by atoms with Gasteiger partial charge in [-0.2, -0.15) is 0 Å². The van der Waals surface area contributed by atoms with Gasteiger partial charge in [0, 0.05) is 30.4 Å². The van der Waals surface area contributed by atoms with Crippen molar-refractivity contribution in [2.45, 2.75) is 19.5 Å². The molecule has 0 radical (unpaired) electrons. The van der Waals surface area contributed by atoms with E-state index < -0.39 is 0 Å². The molecule has 0 bridgehead atoms. The van der Waals surface area contributed by atoms with Crippen LogP contribution in [-0.2, 0) is 6.54 Å². The monoisotopic (exact) mass is 280 g/mol. The van der Waals surface area contributed by atoms with E-state index in [-0.39, 0.29) is 11.9 Å². The normalized spacial score (nSPS) is 12.5. The molecule has 21 heavy (non-hydrogen) atoms. The first-order valence-electron chi connectivity index (χ1n) is 7.04. The number of fused-ring (bicyclic) bond motifs is 1. The van der Waals surface area contributed by atoms with E-state index in [1.807, 2.05) is 25.3 Å². The fourth-order valence-electron chi connectivity index (χ4n) is 2.41. The van der Waals surface area contributed by atoms with Crippen LogP contribution in [0.2, 0.25) is 0 Å². The molecule has 1 aromatic heterocycles. The lowest BCUT2D eigenvalue weighted by molar-refractivity contribution is 0.565. The number of hydrogen-bond acceptors (Lipinski definition) is 2. The molecule has 0 saturated carbocycles. The van der Waals surface area contributed by atoms with Gasteiger partial charge in [0.2, 0.25) is 0 Å². The number of benzene rings is 2. The van der Waals surface area contributed by atoms with Gasteiger partial charge in [0.25, 0.3) is 0 Å². The number of aromatic nitrogens is 1. The first-order chi connectivity index (χ1) is 10.2. The Morgan fingerprint density at radius 2 is 2.00 bits per heavy atom. The van der Waals surface area contributed by atoms with E-state index in [4.69, 9.17) is 0 Å². The highest BCUT2D eigenvalue weighted by Crippen LogP contribution is 2.17. The lowest BCUT2D eigenvalue weighted by Gasteiger charge is -2.14. The number of rotatable bonds is 4. The van der Waals surface area contributed by atoms with Crippen LogP contribution >= 0.6 is 0 Å². The first kappa shape index (κ1) is 13.7. The number of nitrogens with zero attached hydrogens (tertiary/aromatic N) is 1. The predicted molar refractivity (Wildman–Crippen MR) is 83.4 cm³/mol. The summed E-state index contributed by atoms with van der Waals surface area (Å²) in [5.41, 5.74) is 2.16. The molecule has 1 heterocycles. The fraction of sp³-hybridized carbons (Fsp3) is 0.167. The summed E-state index contributed by atoms with van der Waals surface area (Å²) in [6.07, 6.45) is 3.66. The molecule has 1 N–H and O–H groups in total. The van der Waals surface area contributed by atoms with Crippen molar-refractivity contribution < 1.29 is 4.39 Å². The number of nitrogens with one attached hydrogen (secondary N) is 1. The van der Waals surface area contributed by atoms with Crippen molar-refractivity contribution in [3.63, 3.8) is 0 Å². The maximum atomic E-state index is 13.2. The first-order valence-corrected chi connectivity index (χ1v) is 7.04. The van der Waals surface area contributed by atoms with E-state index in [2.05, 4.69) is 28.5 Å². The van der Waals surface area contributed by atoms with Gasteiger partial charge in [0.15, 0.2) is 0 Å². The standard InChI is InChI=1S/C18H17FN2/c1-13(15-3-2-4-18(19)10-15)21-11-14-5-6-17-12-20-8-7-16(17)9-14/h2-10,12-13,21H,11H2,1H3/t13-/m0/s1. The minimum atomic E-state index is -0.195. The third-order valence-electron chi connectivity index (χ3n) is 3.67. The minimum absolute atomic E-state index is 0.105. The van der Waals surface area contributed by atoms with Gasteiger partial charge in [-0.1, -0.05) is 24.3 Å². The Morgan fingerprint density at radius 3 is 2.86 bits per heavy atom. The molecule has 0 aliphatic heterocycles. The molecule has 0 saturated heterocycles. The molecular weight excluding hydrogens is 263 g/mol. The van der Waals surface area contributed by atoms with Crippen molar-refractivity contribution in [1.82, 2.24) is 10.3 Å². The topological polar surface area (TPSA) is 24.9 Å². The van der Waals surface area contributed by atoms with Crippen LogP contribution in [0.25, 0.3) is 10.8 Å². The Balaban J connectivity index is 1.71. The molecule has 3 rings (SSSR count).